The van der Waals surface area contributed by atoms with Crippen LogP contribution >= 0.6 is 0 Å². The van der Waals surface area contributed by atoms with Crippen molar-refractivity contribution in [3.05, 3.63) is 89.5 Å². The molecule has 194 valence electrons. The van der Waals surface area contributed by atoms with Crippen LogP contribution in [-0.2, 0) is 5.54 Å². The quantitative estimate of drug-likeness (QED) is 0.360. The lowest BCUT2D eigenvalue weighted by atomic mass is 9.86. The van der Waals surface area contributed by atoms with E-state index in [-0.39, 0.29) is 11.9 Å². The van der Waals surface area contributed by atoms with Gasteiger partial charge in [0.05, 0.1) is 11.6 Å². The van der Waals surface area contributed by atoms with Gasteiger partial charge in [0.25, 0.3) is 5.91 Å². The van der Waals surface area contributed by atoms with Gasteiger partial charge in [-0.2, -0.15) is 5.10 Å². The molecule has 0 spiro atoms. The van der Waals surface area contributed by atoms with Gasteiger partial charge in [0.15, 0.2) is 11.6 Å². The number of carbonyl (C=O) groups excluding carboxylic acids is 1. The summed E-state index contributed by atoms with van der Waals surface area (Å²) >= 11 is 0. The largest absolute Gasteiger partial charge is 0.491 e. The number of likely N-dealkylation sites (tertiary alicyclic amines) is 1. The number of ether oxygens (including phenoxy) is 1. The summed E-state index contributed by atoms with van der Waals surface area (Å²) in [4.78, 5) is 24.5. The summed E-state index contributed by atoms with van der Waals surface area (Å²) < 4.78 is 5.78. The predicted octanol–water partition coefficient (Wildman–Crippen LogP) is 4.07. The molecule has 1 atom stereocenters. The van der Waals surface area contributed by atoms with Crippen molar-refractivity contribution in [3.63, 3.8) is 0 Å². The highest BCUT2D eigenvalue weighted by Crippen LogP contribution is 2.36. The number of H-pyrrole nitrogens is 1. The Labute approximate surface area is 221 Å². The third kappa shape index (κ3) is 4.72. The summed E-state index contributed by atoms with van der Waals surface area (Å²) in [6.45, 7) is 4.31. The van der Waals surface area contributed by atoms with E-state index in [1.54, 1.807) is 12.4 Å². The van der Waals surface area contributed by atoms with Gasteiger partial charge in [0.2, 0.25) is 0 Å². The summed E-state index contributed by atoms with van der Waals surface area (Å²) in [5, 5.41) is 14.6. The van der Waals surface area contributed by atoms with E-state index >= 15 is 0 Å². The first-order valence-electron chi connectivity index (χ1n) is 12.9. The first-order valence-corrected chi connectivity index (χ1v) is 12.9. The van der Waals surface area contributed by atoms with Crippen LogP contribution in [0.3, 0.4) is 0 Å². The Morgan fingerprint density at radius 2 is 1.92 bits per heavy atom. The lowest BCUT2D eigenvalue weighted by molar-refractivity contribution is 0.0930. The topological polar surface area (TPSA) is 108 Å². The zero-order valence-corrected chi connectivity index (χ0v) is 21.6. The van der Waals surface area contributed by atoms with E-state index in [4.69, 9.17) is 9.72 Å². The number of hydrogen-bond acceptors (Lipinski definition) is 7. The smallest absolute Gasteiger partial charge is 0.251 e. The number of aryl methyl sites for hydroxylation is 1. The molecule has 38 heavy (non-hydrogen) atoms. The fourth-order valence-electron chi connectivity index (χ4n) is 5.24. The number of carbonyl (C=O) groups is 1. The number of aromatic nitrogens is 4. The van der Waals surface area contributed by atoms with E-state index < -0.39 is 5.54 Å². The Hall–Kier alpha value is -4.24. The number of pyridine rings is 1. The standard InChI is InChI=1S/C29H31N7O2/c1-19-6-7-25-23(16-19)24(18-38-25)31-27(37)21-4-3-5-22(17-21)33-29(10-14-36(2)15-11-29)28-32-26(34-35-28)20-8-12-30-13-9-20/h3-9,12-13,16-17,24,33H,10-11,14-15,18H2,1-2H3,(H,31,37)(H,32,34,35). The van der Waals surface area contributed by atoms with Crippen molar-refractivity contribution in [2.45, 2.75) is 31.3 Å². The average molecular weight is 510 g/mol. The van der Waals surface area contributed by atoms with E-state index in [0.717, 1.165) is 59.9 Å². The molecule has 9 heteroatoms. The molecule has 0 saturated carbocycles. The summed E-state index contributed by atoms with van der Waals surface area (Å²) in [6, 6.07) is 17.3. The number of piperidine rings is 1. The minimum absolute atomic E-state index is 0.131. The number of nitrogens with zero attached hydrogens (tertiary/aromatic N) is 4. The van der Waals surface area contributed by atoms with Crippen molar-refractivity contribution in [1.82, 2.24) is 30.4 Å². The van der Waals surface area contributed by atoms with Crippen LogP contribution in [0, 0.1) is 6.92 Å². The molecule has 1 unspecified atom stereocenters. The van der Waals surface area contributed by atoms with Gasteiger partial charge in [0.1, 0.15) is 12.4 Å². The molecule has 9 nitrogen and oxygen atoms in total. The van der Waals surface area contributed by atoms with Crippen LogP contribution in [0.25, 0.3) is 11.4 Å². The SMILES string of the molecule is Cc1ccc2c(c1)C(NC(=O)c1cccc(NC3(c4nc(-c5ccncc5)n[nH]4)CCN(C)CC3)c1)CO2. The molecule has 2 aliphatic rings. The number of amides is 1. The van der Waals surface area contributed by atoms with E-state index in [1.807, 2.05) is 55.5 Å². The van der Waals surface area contributed by atoms with Gasteiger partial charge in [-0.3, -0.25) is 14.9 Å². The monoisotopic (exact) mass is 509 g/mol. The number of fused-ring (bicyclic) bond motifs is 1. The lowest BCUT2D eigenvalue weighted by Gasteiger charge is -2.40. The zero-order valence-electron chi connectivity index (χ0n) is 21.6. The maximum atomic E-state index is 13.3. The van der Waals surface area contributed by atoms with Crippen LogP contribution in [0.2, 0.25) is 0 Å². The number of anilines is 1. The van der Waals surface area contributed by atoms with Crippen LogP contribution in [0.15, 0.2) is 67.0 Å². The van der Waals surface area contributed by atoms with Crippen molar-refractivity contribution in [2.24, 2.45) is 0 Å². The molecule has 4 aromatic rings. The normalized spacial score (nSPS) is 18.4. The molecule has 1 saturated heterocycles. The molecular weight excluding hydrogens is 478 g/mol. The Bertz CT molecular complexity index is 1440. The molecule has 3 N–H and O–H groups in total. The van der Waals surface area contributed by atoms with Crippen LogP contribution < -0.4 is 15.4 Å². The highest BCUT2D eigenvalue weighted by molar-refractivity contribution is 5.95. The van der Waals surface area contributed by atoms with Gasteiger partial charge < -0.3 is 20.3 Å². The van der Waals surface area contributed by atoms with Crippen LogP contribution in [0.5, 0.6) is 5.75 Å². The van der Waals surface area contributed by atoms with Crippen molar-refractivity contribution in [3.8, 4) is 17.1 Å². The van der Waals surface area contributed by atoms with Crippen molar-refractivity contribution in [2.75, 3.05) is 32.1 Å². The van der Waals surface area contributed by atoms with E-state index in [2.05, 4.69) is 43.8 Å². The van der Waals surface area contributed by atoms with Crippen molar-refractivity contribution >= 4 is 11.6 Å². The highest BCUT2D eigenvalue weighted by Gasteiger charge is 2.39. The maximum Gasteiger partial charge on any atom is 0.251 e. The Kier molecular flexibility index (Phi) is 6.29. The lowest BCUT2D eigenvalue weighted by Crippen LogP contribution is -2.46. The number of rotatable bonds is 6. The van der Waals surface area contributed by atoms with Gasteiger partial charge in [0, 0.05) is 47.9 Å². The molecule has 0 bridgehead atoms. The summed E-state index contributed by atoms with van der Waals surface area (Å²) in [5.41, 5.74) is 4.10. The van der Waals surface area contributed by atoms with Gasteiger partial charge in [-0.25, -0.2) is 4.98 Å². The molecule has 2 aromatic heterocycles. The molecule has 1 amide bonds. The van der Waals surface area contributed by atoms with Crippen LogP contribution in [-0.4, -0.2) is 57.7 Å². The van der Waals surface area contributed by atoms with Crippen LogP contribution in [0.1, 0.15) is 46.2 Å². The third-order valence-corrected chi connectivity index (χ3v) is 7.48. The second-order valence-corrected chi connectivity index (χ2v) is 10.2. The number of nitrogens with one attached hydrogen (secondary N) is 3. The van der Waals surface area contributed by atoms with Crippen LogP contribution in [0.4, 0.5) is 5.69 Å². The van der Waals surface area contributed by atoms with Gasteiger partial charge >= 0.3 is 0 Å². The maximum absolute atomic E-state index is 13.3. The fourth-order valence-corrected chi connectivity index (χ4v) is 5.24. The minimum atomic E-state index is -0.435. The summed E-state index contributed by atoms with van der Waals surface area (Å²) in [6.07, 6.45) is 5.17. The molecule has 2 aromatic carbocycles. The minimum Gasteiger partial charge on any atom is -0.491 e. The fraction of sp³-hybridized carbons (Fsp3) is 0.310. The first kappa shape index (κ1) is 24.1. The summed E-state index contributed by atoms with van der Waals surface area (Å²) in [5.74, 6) is 2.14. The number of aromatic amines is 1. The van der Waals surface area contributed by atoms with E-state index in [9.17, 15) is 4.79 Å². The molecular formula is C29H31N7O2. The summed E-state index contributed by atoms with van der Waals surface area (Å²) in [7, 11) is 2.13. The Morgan fingerprint density at radius 3 is 2.74 bits per heavy atom. The second kappa shape index (κ2) is 9.90. The predicted molar refractivity (Wildman–Crippen MR) is 145 cm³/mol. The second-order valence-electron chi connectivity index (χ2n) is 10.2. The van der Waals surface area contributed by atoms with Gasteiger partial charge in [-0.15, -0.1) is 0 Å². The van der Waals surface area contributed by atoms with Gasteiger partial charge in [-0.05, 0) is 63.2 Å². The molecule has 2 aliphatic heterocycles. The zero-order chi connectivity index (χ0) is 26.1. The molecule has 0 aliphatic carbocycles. The Morgan fingerprint density at radius 1 is 1.11 bits per heavy atom. The Balaban J connectivity index is 1.24. The van der Waals surface area contributed by atoms with E-state index in [0.29, 0.717) is 18.0 Å². The van der Waals surface area contributed by atoms with E-state index in [1.165, 1.54) is 0 Å². The number of benzene rings is 2. The highest BCUT2D eigenvalue weighted by atomic mass is 16.5. The van der Waals surface area contributed by atoms with Crippen molar-refractivity contribution < 1.29 is 9.53 Å². The molecule has 4 heterocycles. The third-order valence-electron chi connectivity index (χ3n) is 7.48. The van der Waals surface area contributed by atoms with Crippen molar-refractivity contribution in [1.29, 1.82) is 0 Å². The molecule has 0 radical (unpaired) electrons. The molecule has 1 fully saturated rings. The first-order chi connectivity index (χ1) is 18.5. The average Bonchev–Trinajstić information content (AvgIpc) is 3.59. The number of hydrogen-bond donors (Lipinski definition) is 3. The van der Waals surface area contributed by atoms with Gasteiger partial charge in [-0.1, -0.05) is 23.8 Å². The molecule has 6 rings (SSSR count).